The molecule has 1 saturated heterocycles. The predicted octanol–water partition coefficient (Wildman–Crippen LogP) is -0.0720. The molecule has 12 heavy (non-hydrogen) atoms. The molecule has 1 rings (SSSR count). The van der Waals surface area contributed by atoms with Crippen molar-refractivity contribution >= 4 is 5.97 Å². The summed E-state index contributed by atoms with van der Waals surface area (Å²) in [6, 6.07) is 0. The Morgan fingerprint density at radius 1 is 1.75 bits per heavy atom. The van der Waals surface area contributed by atoms with Gasteiger partial charge in [-0.15, -0.1) is 0 Å². The third-order valence-electron chi connectivity index (χ3n) is 2.34. The van der Waals surface area contributed by atoms with Crippen LogP contribution >= 0.6 is 0 Å². The first-order valence-corrected chi connectivity index (χ1v) is 4.06. The van der Waals surface area contributed by atoms with Gasteiger partial charge < -0.3 is 14.8 Å². The summed E-state index contributed by atoms with van der Waals surface area (Å²) in [5, 5.41) is 3.12. The Labute approximate surface area is 72.2 Å². The van der Waals surface area contributed by atoms with Crippen LogP contribution in [0.2, 0.25) is 0 Å². The second-order valence-electron chi connectivity index (χ2n) is 3.09. The minimum absolute atomic E-state index is 0.185. The van der Waals surface area contributed by atoms with Crippen LogP contribution in [0.4, 0.5) is 0 Å². The minimum atomic E-state index is -0.187. The van der Waals surface area contributed by atoms with Crippen LogP contribution in [0.5, 0.6) is 0 Å². The topological polar surface area (TPSA) is 47.6 Å². The monoisotopic (exact) mass is 173 g/mol. The van der Waals surface area contributed by atoms with Crippen molar-refractivity contribution in [2.24, 2.45) is 0 Å². The van der Waals surface area contributed by atoms with Gasteiger partial charge in [-0.1, -0.05) is 0 Å². The lowest BCUT2D eigenvalue weighted by Gasteiger charge is -2.24. The molecule has 0 amide bonds. The molecule has 0 aromatic rings. The lowest BCUT2D eigenvalue weighted by atomic mass is 9.95. The molecule has 1 fully saturated rings. The first kappa shape index (κ1) is 9.48. The second-order valence-corrected chi connectivity index (χ2v) is 3.09. The van der Waals surface area contributed by atoms with E-state index in [0.717, 1.165) is 13.0 Å². The summed E-state index contributed by atoms with van der Waals surface area (Å²) in [7, 11) is 3.25. The van der Waals surface area contributed by atoms with Crippen molar-refractivity contribution < 1.29 is 14.3 Å². The molecule has 1 heterocycles. The normalized spacial score (nSPS) is 28.8. The summed E-state index contributed by atoms with van der Waals surface area (Å²) in [5.41, 5.74) is -0.187. The maximum Gasteiger partial charge on any atom is 0.307 e. The maximum absolute atomic E-state index is 11.0. The van der Waals surface area contributed by atoms with Gasteiger partial charge in [0, 0.05) is 6.61 Å². The predicted molar refractivity (Wildman–Crippen MR) is 43.9 cm³/mol. The summed E-state index contributed by atoms with van der Waals surface area (Å²) in [6.45, 7) is 1.32. The summed E-state index contributed by atoms with van der Waals surface area (Å²) in [5.74, 6) is -0.185. The molecule has 0 aliphatic carbocycles. The van der Waals surface area contributed by atoms with Crippen molar-refractivity contribution in [3.63, 3.8) is 0 Å². The molecule has 1 aliphatic rings. The fourth-order valence-corrected chi connectivity index (χ4v) is 1.38. The summed E-state index contributed by atoms with van der Waals surface area (Å²) >= 11 is 0. The minimum Gasteiger partial charge on any atom is -0.469 e. The highest BCUT2D eigenvalue weighted by Gasteiger charge is 2.35. The van der Waals surface area contributed by atoms with Crippen LogP contribution in [-0.2, 0) is 14.3 Å². The van der Waals surface area contributed by atoms with Crippen LogP contribution in [0.3, 0.4) is 0 Å². The molecule has 0 saturated carbocycles. The smallest absolute Gasteiger partial charge is 0.307 e. The number of ether oxygens (including phenoxy) is 2. The molecule has 0 aromatic heterocycles. The number of likely N-dealkylation sites (N-methyl/N-ethyl adjacent to an activating group) is 1. The van der Waals surface area contributed by atoms with Crippen LogP contribution < -0.4 is 5.32 Å². The highest BCUT2D eigenvalue weighted by atomic mass is 16.5. The van der Waals surface area contributed by atoms with E-state index >= 15 is 0 Å². The fourth-order valence-electron chi connectivity index (χ4n) is 1.38. The van der Waals surface area contributed by atoms with Crippen molar-refractivity contribution in [2.45, 2.75) is 18.4 Å². The zero-order valence-electron chi connectivity index (χ0n) is 7.55. The van der Waals surface area contributed by atoms with Crippen molar-refractivity contribution in [3.05, 3.63) is 0 Å². The molecule has 70 valence electrons. The van der Waals surface area contributed by atoms with E-state index in [2.05, 4.69) is 10.1 Å². The third kappa shape index (κ3) is 1.95. The molecule has 0 spiro atoms. The van der Waals surface area contributed by atoms with Gasteiger partial charge in [0.2, 0.25) is 0 Å². The number of esters is 1. The van der Waals surface area contributed by atoms with Crippen molar-refractivity contribution in [3.8, 4) is 0 Å². The first-order chi connectivity index (χ1) is 5.72. The molecule has 0 aromatic carbocycles. The number of methoxy groups -OCH3 is 1. The van der Waals surface area contributed by atoms with Gasteiger partial charge in [-0.25, -0.2) is 0 Å². The molecule has 1 N–H and O–H groups in total. The van der Waals surface area contributed by atoms with Crippen LogP contribution in [0.1, 0.15) is 12.8 Å². The largest absolute Gasteiger partial charge is 0.469 e. The van der Waals surface area contributed by atoms with E-state index in [1.807, 2.05) is 7.05 Å². The van der Waals surface area contributed by atoms with E-state index in [-0.39, 0.29) is 11.5 Å². The number of hydrogen-bond acceptors (Lipinski definition) is 4. The average Bonchev–Trinajstić information content (AvgIpc) is 2.54. The molecular formula is C8H15NO3. The van der Waals surface area contributed by atoms with Crippen molar-refractivity contribution in [1.29, 1.82) is 0 Å². The molecule has 4 heteroatoms. The van der Waals surface area contributed by atoms with Gasteiger partial charge in [0.1, 0.15) is 0 Å². The lowest BCUT2D eigenvalue weighted by Crippen LogP contribution is -2.45. The Kier molecular flexibility index (Phi) is 3.05. The highest BCUT2D eigenvalue weighted by molar-refractivity contribution is 5.70. The first-order valence-electron chi connectivity index (χ1n) is 4.06. The zero-order valence-corrected chi connectivity index (χ0v) is 7.55. The van der Waals surface area contributed by atoms with Gasteiger partial charge in [0.25, 0.3) is 0 Å². The summed E-state index contributed by atoms with van der Waals surface area (Å²) in [4.78, 5) is 11.0. The Morgan fingerprint density at radius 3 is 2.92 bits per heavy atom. The number of rotatable bonds is 3. The lowest BCUT2D eigenvalue weighted by molar-refractivity contribution is -0.142. The number of hydrogen-bond donors (Lipinski definition) is 1. The molecule has 0 bridgehead atoms. The third-order valence-corrected chi connectivity index (χ3v) is 2.34. The number of nitrogens with one attached hydrogen (secondary N) is 1. The van der Waals surface area contributed by atoms with Crippen molar-refractivity contribution in [2.75, 3.05) is 27.4 Å². The Morgan fingerprint density at radius 2 is 2.50 bits per heavy atom. The van der Waals surface area contributed by atoms with E-state index in [9.17, 15) is 4.79 Å². The van der Waals surface area contributed by atoms with Crippen LogP contribution in [-0.4, -0.2) is 38.9 Å². The summed E-state index contributed by atoms with van der Waals surface area (Å²) < 4.78 is 9.83. The zero-order chi connectivity index (χ0) is 9.03. The fraction of sp³-hybridized carbons (Fsp3) is 0.875. The highest BCUT2D eigenvalue weighted by Crippen LogP contribution is 2.22. The SMILES string of the molecule is CNC1(CC(=O)OC)CCOC1. The van der Waals surface area contributed by atoms with E-state index in [0.29, 0.717) is 13.0 Å². The van der Waals surface area contributed by atoms with Crippen molar-refractivity contribution in [1.82, 2.24) is 5.32 Å². The van der Waals surface area contributed by atoms with E-state index in [1.54, 1.807) is 0 Å². The molecular weight excluding hydrogens is 158 g/mol. The van der Waals surface area contributed by atoms with E-state index in [1.165, 1.54) is 7.11 Å². The van der Waals surface area contributed by atoms with Gasteiger partial charge in [0.15, 0.2) is 0 Å². The second kappa shape index (κ2) is 3.87. The molecule has 0 radical (unpaired) electrons. The number of carbonyl (C=O) groups is 1. The molecule has 4 nitrogen and oxygen atoms in total. The van der Waals surface area contributed by atoms with Gasteiger partial charge in [-0.2, -0.15) is 0 Å². The van der Waals surface area contributed by atoms with Crippen LogP contribution in [0, 0.1) is 0 Å². The maximum atomic E-state index is 11.0. The van der Waals surface area contributed by atoms with E-state index < -0.39 is 0 Å². The molecule has 1 aliphatic heterocycles. The van der Waals surface area contributed by atoms with Gasteiger partial charge >= 0.3 is 5.97 Å². The number of carbonyl (C=O) groups excluding carboxylic acids is 1. The Bertz CT molecular complexity index is 164. The van der Waals surface area contributed by atoms with E-state index in [4.69, 9.17) is 4.74 Å². The quantitative estimate of drug-likeness (QED) is 0.607. The van der Waals surface area contributed by atoms with Gasteiger partial charge in [-0.3, -0.25) is 4.79 Å². The molecule has 1 unspecified atom stereocenters. The molecule has 1 atom stereocenters. The Balaban J connectivity index is 2.49. The van der Waals surface area contributed by atoms with Crippen LogP contribution in [0.25, 0.3) is 0 Å². The average molecular weight is 173 g/mol. The van der Waals surface area contributed by atoms with Gasteiger partial charge in [-0.05, 0) is 13.5 Å². The van der Waals surface area contributed by atoms with Crippen LogP contribution in [0.15, 0.2) is 0 Å². The summed E-state index contributed by atoms with van der Waals surface area (Å²) in [6.07, 6.45) is 1.26. The van der Waals surface area contributed by atoms with Gasteiger partial charge in [0.05, 0.1) is 25.7 Å². The Hall–Kier alpha value is -0.610. The standard InChI is InChI=1S/C8H15NO3/c1-9-8(3-4-12-6-8)5-7(10)11-2/h9H,3-6H2,1-2H3.